The quantitative estimate of drug-likeness (QED) is 0.437. The first-order valence-electron chi connectivity index (χ1n) is 10.7. The molecule has 1 atom stereocenters. The molecule has 2 aromatic rings. The number of carbonyl (C=O) groups excluding carboxylic acids is 2. The number of anilines is 2. The van der Waals surface area contributed by atoms with E-state index in [0.29, 0.717) is 42.6 Å². The molecule has 1 aliphatic rings. The number of nitrogens with one attached hydrogen (secondary N) is 1. The fourth-order valence-electron chi connectivity index (χ4n) is 3.31. The molecule has 0 aromatic heterocycles. The van der Waals surface area contributed by atoms with Crippen molar-refractivity contribution in [2.24, 2.45) is 0 Å². The first-order valence-corrected chi connectivity index (χ1v) is 12.5. The van der Waals surface area contributed by atoms with Crippen LogP contribution in [0.3, 0.4) is 0 Å². The molecule has 33 heavy (non-hydrogen) atoms. The fourth-order valence-corrected chi connectivity index (χ4v) is 4.47. The monoisotopic (exact) mass is 476 g/mol. The maximum Gasteiger partial charge on any atom is 0.338 e. The molecule has 0 spiro atoms. The van der Waals surface area contributed by atoms with Gasteiger partial charge in [-0.15, -0.1) is 0 Å². The van der Waals surface area contributed by atoms with Crippen molar-refractivity contribution in [3.8, 4) is 11.5 Å². The highest BCUT2D eigenvalue weighted by molar-refractivity contribution is 7.92. The largest absolute Gasteiger partial charge is 0.486 e. The Balaban J connectivity index is 1.73. The van der Waals surface area contributed by atoms with E-state index in [-0.39, 0.29) is 5.69 Å². The molecule has 0 unspecified atom stereocenters. The predicted molar refractivity (Wildman–Crippen MR) is 124 cm³/mol. The van der Waals surface area contributed by atoms with Gasteiger partial charge in [0.2, 0.25) is 15.9 Å². The van der Waals surface area contributed by atoms with Gasteiger partial charge in [-0.05, 0) is 49.7 Å². The van der Waals surface area contributed by atoms with Crippen LogP contribution in [0.2, 0.25) is 0 Å². The summed E-state index contributed by atoms with van der Waals surface area (Å²) in [6.45, 7) is 4.62. The lowest BCUT2D eigenvalue weighted by molar-refractivity contribution is -0.116. The molecule has 2 aromatic carbocycles. The summed E-state index contributed by atoms with van der Waals surface area (Å²) in [7, 11) is -3.80. The van der Waals surface area contributed by atoms with Gasteiger partial charge < -0.3 is 19.5 Å². The van der Waals surface area contributed by atoms with Crippen LogP contribution in [0.5, 0.6) is 11.5 Å². The number of esters is 1. The van der Waals surface area contributed by atoms with Gasteiger partial charge in [-0.25, -0.2) is 13.2 Å². The molecule has 0 aliphatic carbocycles. The summed E-state index contributed by atoms with van der Waals surface area (Å²) in [5.74, 6) is -0.0320. The van der Waals surface area contributed by atoms with E-state index >= 15 is 0 Å². The van der Waals surface area contributed by atoms with E-state index in [2.05, 4.69) is 5.32 Å². The van der Waals surface area contributed by atoms with Crippen molar-refractivity contribution in [1.82, 2.24) is 0 Å². The predicted octanol–water partition coefficient (Wildman–Crippen LogP) is 3.21. The lowest BCUT2D eigenvalue weighted by Crippen LogP contribution is -2.45. The third-order valence-corrected chi connectivity index (χ3v) is 6.23. The number of sulfonamides is 1. The number of unbranched alkanes of at least 4 members (excludes halogenated alkanes) is 1. The van der Waals surface area contributed by atoms with E-state index in [9.17, 15) is 18.0 Å². The zero-order valence-corrected chi connectivity index (χ0v) is 19.7. The molecule has 1 heterocycles. The highest BCUT2D eigenvalue weighted by Gasteiger charge is 2.30. The Hall–Kier alpha value is -3.27. The van der Waals surface area contributed by atoms with Gasteiger partial charge in [0, 0.05) is 11.8 Å². The number of carbonyl (C=O) groups is 2. The Bertz CT molecular complexity index is 1100. The van der Waals surface area contributed by atoms with Gasteiger partial charge in [0.15, 0.2) is 11.5 Å². The number of nitrogens with zero attached hydrogens (tertiary/aromatic N) is 1. The van der Waals surface area contributed by atoms with Crippen LogP contribution in [0.15, 0.2) is 42.5 Å². The van der Waals surface area contributed by atoms with E-state index < -0.39 is 27.9 Å². The molecule has 0 fully saturated rings. The Morgan fingerprint density at radius 3 is 2.39 bits per heavy atom. The lowest BCUT2D eigenvalue weighted by Gasteiger charge is -2.29. The van der Waals surface area contributed by atoms with Gasteiger partial charge in [0.1, 0.15) is 19.3 Å². The number of fused-ring (bicyclic) bond motifs is 1. The van der Waals surface area contributed by atoms with Crippen molar-refractivity contribution < 1.29 is 32.2 Å². The van der Waals surface area contributed by atoms with Gasteiger partial charge in [-0.2, -0.15) is 0 Å². The van der Waals surface area contributed by atoms with Gasteiger partial charge in [0.25, 0.3) is 0 Å². The van der Waals surface area contributed by atoms with Crippen LogP contribution in [-0.4, -0.2) is 52.4 Å². The van der Waals surface area contributed by atoms with Crippen molar-refractivity contribution in [3.63, 3.8) is 0 Å². The Morgan fingerprint density at radius 1 is 1.09 bits per heavy atom. The summed E-state index contributed by atoms with van der Waals surface area (Å²) < 4.78 is 42.3. The molecule has 10 heteroatoms. The first kappa shape index (κ1) is 24.4. The van der Waals surface area contributed by atoms with Crippen molar-refractivity contribution >= 4 is 33.3 Å². The Morgan fingerprint density at radius 2 is 1.76 bits per heavy atom. The van der Waals surface area contributed by atoms with E-state index in [1.54, 1.807) is 36.4 Å². The number of amides is 1. The molecular weight excluding hydrogens is 448 g/mol. The fraction of sp³-hybridized carbons (Fsp3) is 0.391. The zero-order valence-electron chi connectivity index (χ0n) is 18.9. The van der Waals surface area contributed by atoms with E-state index in [1.807, 2.05) is 6.92 Å². The molecule has 1 amide bonds. The summed E-state index contributed by atoms with van der Waals surface area (Å²) in [4.78, 5) is 24.9. The Labute approximate surface area is 193 Å². The minimum absolute atomic E-state index is 0.287. The molecule has 1 aliphatic heterocycles. The molecule has 1 N–H and O–H groups in total. The highest BCUT2D eigenvalue weighted by Crippen LogP contribution is 2.35. The minimum Gasteiger partial charge on any atom is -0.486 e. The standard InChI is InChI=1S/C23H28N2O7S/c1-4-5-12-32-23(27)17-6-8-18(9-7-17)24-22(26)16(2)25(33(3,28)29)19-10-11-20-21(15-19)31-14-13-30-20/h6-11,15-16H,4-5,12-14H2,1-3H3,(H,24,26)/t16-/m1/s1. The number of hydrogen-bond donors (Lipinski definition) is 1. The number of ether oxygens (including phenoxy) is 3. The van der Waals surface area contributed by atoms with Gasteiger partial charge in [-0.3, -0.25) is 9.10 Å². The topological polar surface area (TPSA) is 111 Å². The summed E-state index contributed by atoms with van der Waals surface area (Å²) in [6.07, 6.45) is 2.75. The molecule has 178 valence electrons. The number of hydrogen-bond acceptors (Lipinski definition) is 7. The van der Waals surface area contributed by atoms with Crippen LogP contribution in [-0.2, 0) is 19.6 Å². The average Bonchev–Trinajstić information content (AvgIpc) is 2.78. The summed E-state index contributed by atoms with van der Waals surface area (Å²) in [6, 6.07) is 9.89. The second-order valence-corrected chi connectivity index (χ2v) is 9.48. The molecule has 0 saturated heterocycles. The second-order valence-electron chi connectivity index (χ2n) is 7.62. The molecule has 0 bridgehead atoms. The van der Waals surface area contributed by atoms with Crippen molar-refractivity contribution in [2.75, 3.05) is 35.7 Å². The van der Waals surface area contributed by atoms with Gasteiger partial charge >= 0.3 is 5.97 Å². The van der Waals surface area contributed by atoms with Crippen molar-refractivity contribution in [3.05, 3.63) is 48.0 Å². The molecular formula is C23H28N2O7S. The zero-order chi connectivity index (χ0) is 24.0. The van der Waals surface area contributed by atoms with Crippen LogP contribution < -0.4 is 19.1 Å². The normalized spacial score (nSPS) is 13.7. The molecule has 3 rings (SSSR count). The maximum absolute atomic E-state index is 12.9. The van der Waals surface area contributed by atoms with Crippen LogP contribution in [0.4, 0.5) is 11.4 Å². The van der Waals surface area contributed by atoms with Crippen LogP contribution in [0, 0.1) is 0 Å². The number of benzene rings is 2. The summed E-state index contributed by atoms with van der Waals surface area (Å²) in [5.41, 5.74) is 1.08. The van der Waals surface area contributed by atoms with E-state index in [4.69, 9.17) is 14.2 Å². The summed E-state index contributed by atoms with van der Waals surface area (Å²) >= 11 is 0. The third-order valence-electron chi connectivity index (χ3n) is 4.99. The van der Waals surface area contributed by atoms with Crippen LogP contribution >= 0.6 is 0 Å². The van der Waals surface area contributed by atoms with Crippen LogP contribution in [0.1, 0.15) is 37.0 Å². The van der Waals surface area contributed by atoms with Crippen LogP contribution in [0.25, 0.3) is 0 Å². The molecule has 9 nitrogen and oxygen atoms in total. The number of rotatable bonds is 9. The maximum atomic E-state index is 12.9. The molecule has 0 saturated carbocycles. The third kappa shape index (κ3) is 6.16. The second kappa shape index (κ2) is 10.6. The minimum atomic E-state index is -3.80. The Kier molecular flexibility index (Phi) is 7.80. The smallest absolute Gasteiger partial charge is 0.338 e. The summed E-state index contributed by atoms with van der Waals surface area (Å²) in [5, 5.41) is 2.69. The average molecular weight is 477 g/mol. The van der Waals surface area contributed by atoms with Crippen molar-refractivity contribution in [2.45, 2.75) is 32.7 Å². The lowest BCUT2D eigenvalue weighted by atomic mass is 10.2. The van der Waals surface area contributed by atoms with Crippen molar-refractivity contribution in [1.29, 1.82) is 0 Å². The first-order chi connectivity index (χ1) is 15.7. The van der Waals surface area contributed by atoms with E-state index in [1.165, 1.54) is 13.0 Å². The SMILES string of the molecule is CCCCOC(=O)c1ccc(NC(=O)[C@@H](C)N(c2ccc3c(c2)OCCO3)S(C)(=O)=O)cc1. The van der Waals surface area contributed by atoms with E-state index in [0.717, 1.165) is 23.4 Å². The van der Waals surface area contributed by atoms with Gasteiger partial charge in [-0.1, -0.05) is 13.3 Å². The highest BCUT2D eigenvalue weighted by atomic mass is 32.2. The van der Waals surface area contributed by atoms with Gasteiger partial charge in [0.05, 0.1) is 24.1 Å². The molecule has 0 radical (unpaired) electrons.